The van der Waals surface area contributed by atoms with Gasteiger partial charge in [0.05, 0.1) is 11.7 Å². The predicted molar refractivity (Wildman–Crippen MR) is 118 cm³/mol. The molecule has 0 bridgehead atoms. The van der Waals surface area contributed by atoms with E-state index < -0.39 is 17.0 Å². The minimum Gasteiger partial charge on any atom is -0.406 e. The third kappa shape index (κ3) is 7.38. The fraction of sp³-hybridized carbons (Fsp3) is 0.435. The van der Waals surface area contributed by atoms with Crippen LogP contribution in [0.15, 0.2) is 48.7 Å². The van der Waals surface area contributed by atoms with Gasteiger partial charge in [-0.2, -0.15) is 0 Å². The van der Waals surface area contributed by atoms with E-state index in [4.69, 9.17) is 0 Å². The molecule has 2 aromatic rings. The molecule has 1 fully saturated rings. The summed E-state index contributed by atoms with van der Waals surface area (Å²) >= 11 is 1.27. The number of carbonyl (C=O) groups excluding carboxylic acids is 2. The number of hydrogen-bond acceptors (Lipinski definition) is 4. The molecule has 2 heterocycles. The molecule has 2 amide bonds. The fourth-order valence-corrected chi connectivity index (χ4v) is 4.93. The molecule has 2 N–H and O–H groups in total. The Morgan fingerprint density at radius 3 is 2.70 bits per heavy atom. The second-order valence-electron chi connectivity index (χ2n) is 8.17. The van der Waals surface area contributed by atoms with Crippen molar-refractivity contribution in [2.24, 2.45) is 5.92 Å². The molecule has 33 heavy (non-hydrogen) atoms. The van der Waals surface area contributed by atoms with Gasteiger partial charge in [0.15, 0.2) is 11.9 Å². The average Bonchev–Trinajstić information content (AvgIpc) is 3.06. The summed E-state index contributed by atoms with van der Waals surface area (Å²) in [6.45, 7) is 4.82. The number of H-pyrrole nitrogens is 1. The Hall–Kier alpha value is -2.75. The lowest BCUT2D eigenvalue weighted by molar-refractivity contribution is -0.390. The lowest BCUT2D eigenvalue weighted by atomic mass is 10.1. The predicted octanol–water partition coefficient (Wildman–Crippen LogP) is 3.75. The Morgan fingerprint density at radius 2 is 2.03 bits per heavy atom. The number of alkyl halides is 3. The van der Waals surface area contributed by atoms with Crippen LogP contribution in [0.1, 0.15) is 36.9 Å². The first-order valence-electron chi connectivity index (χ1n) is 10.7. The molecule has 3 rings (SSSR count). The zero-order chi connectivity index (χ0) is 24.0. The van der Waals surface area contributed by atoms with Gasteiger partial charge in [-0.15, -0.1) is 24.9 Å². The van der Waals surface area contributed by atoms with Crippen molar-refractivity contribution < 1.29 is 32.5 Å². The van der Waals surface area contributed by atoms with Crippen LogP contribution in [0.4, 0.5) is 13.2 Å². The van der Waals surface area contributed by atoms with E-state index in [0.29, 0.717) is 25.1 Å². The van der Waals surface area contributed by atoms with Gasteiger partial charge in [0.2, 0.25) is 11.8 Å². The fourth-order valence-electron chi connectivity index (χ4n) is 3.46. The zero-order valence-electron chi connectivity index (χ0n) is 18.4. The average molecular weight is 483 g/mol. The summed E-state index contributed by atoms with van der Waals surface area (Å²) in [5.41, 5.74) is 1.43. The number of nitrogens with one attached hydrogen (secondary N) is 2. The molecule has 0 aliphatic carbocycles. The van der Waals surface area contributed by atoms with Crippen LogP contribution in [0.3, 0.4) is 0 Å². The Kier molecular flexibility index (Phi) is 8.23. The van der Waals surface area contributed by atoms with E-state index in [9.17, 15) is 22.8 Å². The van der Waals surface area contributed by atoms with Crippen LogP contribution in [0, 0.1) is 5.92 Å². The standard InChI is InChI=1S/C23H26F3N3O3S/c1-15(2)14-28-20(30)13-19-21(31)29(11-9-17-7-3-4-10-27-17)22(33-19)16-6-5-8-18(12-16)32-23(24,25)26/h3-8,10,12,15,19,22H,9,11,13-14H2,1-2H3,(H,28,30)/p+1. The Balaban J connectivity index is 1.79. The van der Waals surface area contributed by atoms with E-state index >= 15 is 0 Å². The molecule has 1 aliphatic rings. The summed E-state index contributed by atoms with van der Waals surface area (Å²) in [7, 11) is 0. The highest BCUT2D eigenvalue weighted by Gasteiger charge is 2.42. The summed E-state index contributed by atoms with van der Waals surface area (Å²) in [6.07, 6.45) is -2.47. The number of nitrogens with zero attached hydrogens (tertiary/aromatic N) is 1. The quantitative estimate of drug-likeness (QED) is 0.591. The maximum absolute atomic E-state index is 13.2. The first kappa shape index (κ1) is 24.9. The summed E-state index contributed by atoms with van der Waals surface area (Å²) < 4.78 is 42.1. The van der Waals surface area contributed by atoms with Crippen LogP contribution in [-0.4, -0.2) is 41.4 Å². The SMILES string of the molecule is CC(C)CNC(=O)CC1SC(c2cccc(OC(F)(F)F)c2)N(CCc2cccc[nH+]2)C1=O. The first-order chi connectivity index (χ1) is 15.6. The number of benzene rings is 1. The number of amides is 2. The van der Waals surface area contributed by atoms with E-state index in [1.54, 1.807) is 17.2 Å². The summed E-state index contributed by atoms with van der Waals surface area (Å²) in [6, 6.07) is 11.3. The van der Waals surface area contributed by atoms with Gasteiger partial charge in [0.25, 0.3) is 0 Å². The van der Waals surface area contributed by atoms with Crippen LogP contribution in [-0.2, 0) is 16.0 Å². The van der Waals surface area contributed by atoms with E-state index in [1.165, 1.54) is 30.0 Å². The molecule has 0 radical (unpaired) electrons. The van der Waals surface area contributed by atoms with E-state index in [0.717, 1.165) is 5.69 Å². The van der Waals surface area contributed by atoms with Gasteiger partial charge in [0.1, 0.15) is 11.1 Å². The second-order valence-corrected chi connectivity index (χ2v) is 9.46. The van der Waals surface area contributed by atoms with Crippen molar-refractivity contribution >= 4 is 23.6 Å². The minimum absolute atomic E-state index is 0.0133. The molecule has 2 unspecified atom stereocenters. The monoisotopic (exact) mass is 482 g/mol. The highest BCUT2D eigenvalue weighted by molar-refractivity contribution is 8.01. The van der Waals surface area contributed by atoms with Gasteiger partial charge in [-0.05, 0) is 23.6 Å². The smallest absolute Gasteiger partial charge is 0.406 e. The molecular formula is C23H27F3N3O3S+. The van der Waals surface area contributed by atoms with Crippen LogP contribution in [0.25, 0.3) is 0 Å². The normalized spacial score (nSPS) is 18.6. The molecule has 2 atom stereocenters. The van der Waals surface area contributed by atoms with Crippen LogP contribution in [0.5, 0.6) is 5.75 Å². The highest BCUT2D eigenvalue weighted by atomic mass is 32.2. The lowest BCUT2D eigenvalue weighted by Crippen LogP contribution is -2.36. The van der Waals surface area contributed by atoms with Crippen LogP contribution < -0.4 is 15.0 Å². The number of aromatic amines is 1. The summed E-state index contributed by atoms with van der Waals surface area (Å²) in [5.74, 6) is -0.491. The van der Waals surface area contributed by atoms with Crippen molar-refractivity contribution in [3.8, 4) is 5.75 Å². The Labute approximate surface area is 194 Å². The topological polar surface area (TPSA) is 72.8 Å². The number of pyridine rings is 1. The number of halogens is 3. The van der Waals surface area contributed by atoms with E-state index in [-0.39, 0.29) is 29.9 Å². The van der Waals surface area contributed by atoms with Crippen LogP contribution in [0.2, 0.25) is 0 Å². The first-order valence-corrected chi connectivity index (χ1v) is 11.6. The van der Waals surface area contributed by atoms with Crippen molar-refractivity contribution in [2.45, 2.75) is 43.7 Å². The Morgan fingerprint density at radius 1 is 1.24 bits per heavy atom. The molecule has 1 saturated heterocycles. The van der Waals surface area contributed by atoms with Crippen molar-refractivity contribution in [3.63, 3.8) is 0 Å². The van der Waals surface area contributed by atoms with Gasteiger partial charge in [-0.1, -0.05) is 32.0 Å². The molecule has 6 nitrogen and oxygen atoms in total. The van der Waals surface area contributed by atoms with Crippen molar-refractivity contribution in [1.29, 1.82) is 0 Å². The number of rotatable bonds is 9. The Bertz CT molecular complexity index is 957. The van der Waals surface area contributed by atoms with Crippen LogP contribution >= 0.6 is 11.8 Å². The summed E-state index contributed by atoms with van der Waals surface area (Å²) in [5, 5.41) is 1.68. The van der Waals surface area contributed by atoms with Crippen molar-refractivity contribution in [2.75, 3.05) is 13.1 Å². The number of thioether (sulfide) groups is 1. The summed E-state index contributed by atoms with van der Waals surface area (Å²) in [4.78, 5) is 30.3. The van der Waals surface area contributed by atoms with Gasteiger partial charge >= 0.3 is 6.36 Å². The van der Waals surface area contributed by atoms with Crippen molar-refractivity contribution in [1.82, 2.24) is 10.2 Å². The van der Waals surface area contributed by atoms with Gasteiger partial charge < -0.3 is 15.0 Å². The molecule has 0 spiro atoms. The van der Waals surface area contributed by atoms with E-state index in [1.807, 2.05) is 32.0 Å². The molecule has 1 aliphatic heterocycles. The third-order valence-corrected chi connectivity index (χ3v) is 6.47. The third-order valence-electron chi connectivity index (χ3n) is 4.99. The molecule has 1 aromatic carbocycles. The van der Waals surface area contributed by atoms with E-state index in [2.05, 4.69) is 15.0 Å². The molecule has 1 aromatic heterocycles. The van der Waals surface area contributed by atoms with Gasteiger partial charge in [0, 0.05) is 31.6 Å². The number of carbonyl (C=O) groups is 2. The molecular weight excluding hydrogens is 455 g/mol. The molecule has 10 heteroatoms. The maximum atomic E-state index is 13.2. The van der Waals surface area contributed by atoms with Crippen molar-refractivity contribution in [3.05, 3.63) is 59.9 Å². The molecule has 178 valence electrons. The lowest BCUT2D eigenvalue weighted by Gasteiger charge is -2.24. The second kappa shape index (κ2) is 10.9. The van der Waals surface area contributed by atoms with Gasteiger partial charge in [-0.25, -0.2) is 4.98 Å². The number of hydrogen-bond donors (Lipinski definition) is 1. The largest absolute Gasteiger partial charge is 0.573 e. The zero-order valence-corrected chi connectivity index (χ0v) is 19.2. The van der Waals surface area contributed by atoms with Gasteiger partial charge in [-0.3, -0.25) is 9.59 Å². The maximum Gasteiger partial charge on any atom is 0.573 e. The molecule has 0 saturated carbocycles. The minimum atomic E-state index is -4.81. The highest BCUT2D eigenvalue weighted by Crippen LogP contribution is 2.45. The number of aromatic nitrogens is 1. The number of ether oxygens (including phenoxy) is 1.